The minimum absolute atomic E-state index is 0.0659. The number of ether oxygens (including phenoxy) is 1. The lowest BCUT2D eigenvalue weighted by Crippen LogP contribution is -2.39. The van der Waals surface area contributed by atoms with Gasteiger partial charge in [0, 0.05) is 17.0 Å². The zero-order valence-corrected chi connectivity index (χ0v) is 25.6. The van der Waals surface area contributed by atoms with Crippen LogP contribution in [-0.2, 0) is 4.74 Å². The number of hydrogen-bond donors (Lipinski definition) is 0. The van der Waals surface area contributed by atoms with Gasteiger partial charge in [-0.3, -0.25) is 19.3 Å². The lowest BCUT2D eigenvalue weighted by atomic mass is 9.98. The van der Waals surface area contributed by atoms with Crippen LogP contribution in [0.5, 0.6) is 0 Å². The van der Waals surface area contributed by atoms with Crippen LogP contribution in [0, 0.1) is 17.3 Å². The Labute approximate surface area is 239 Å². The number of rotatable bonds is 8. The molecule has 214 valence electrons. The molecule has 0 fully saturated rings. The number of ketones is 1. The fourth-order valence-electron chi connectivity index (χ4n) is 3.83. The molecule has 3 rings (SSSR count). The van der Waals surface area contributed by atoms with Crippen molar-refractivity contribution in [2.75, 3.05) is 7.11 Å². The minimum Gasteiger partial charge on any atom is -0.487 e. The number of imide groups is 1. The molecule has 2 amide bonds. The van der Waals surface area contributed by atoms with Crippen LogP contribution in [-0.4, -0.2) is 35.6 Å². The summed E-state index contributed by atoms with van der Waals surface area (Å²) in [5, 5.41) is 8.50. The number of Topliss-reactive ketones (excluding diaryl/α,β-unsaturated/α-hetero) is 1. The van der Waals surface area contributed by atoms with E-state index in [0.717, 1.165) is 0 Å². The predicted molar refractivity (Wildman–Crippen MR) is 161 cm³/mol. The second-order valence-corrected chi connectivity index (χ2v) is 9.43. The molecule has 1 aliphatic rings. The van der Waals surface area contributed by atoms with Gasteiger partial charge in [0.15, 0.2) is 5.70 Å². The van der Waals surface area contributed by atoms with Gasteiger partial charge in [-0.1, -0.05) is 83.9 Å². The smallest absolute Gasteiger partial charge is 0.264 e. The summed E-state index contributed by atoms with van der Waals surface area (Å²) in [6.45, 7) is 17.7. The van der Waals surface area contributed by atoms with E-state index in [2.05, 4.69) is 22.1 Å². The highest BCUT2D eigenvalue weighted by Crippen LogP contribution is 2.34. The van der Waals surface area contributed by atoms with Gasteiger partial charge in [-0.2, -0.15) is 0 Å². The molecule has 0 spiro atoms. The quantitative estimate of drug-likeness (QED) is 0.0832. The van der Waals surface area contributed by atoms with Gasteiger partial charge in [-0.15, -0.1) is 10.2 Å². The summed E-state index contributed by atoms with van der Waals surface area (Å²) in [6.07, 6.45) is 1.31. The van der Waals surface area contributed by atoms with Crippen molar-refractivity contribution in [3.05, 3.63) is 76.7 Å². The number of fused-ring (bicyclic) bond motifs is 1. The summed E-state index contributed by atoms with van der Waals surface area (Å²) in [4.78, 5) is 41.0. The third kappa shape index (κ3) is 8.22. The molecular weight excluding hydrogens is 502 g/mol. The van der Waals surface area contributed by atoms with Crippen molar-refractivity contribution >= 4 is 23.3 Å². The van der Waals surface area contributed by atoms with Gasteiger partial charge >= 0.3 is 0 Å². The number of amides is 2. The minimum atomic E-state index is -0.423. The summed E-state index contributed by atoms with van der Waals surface area (Å²) in [5.41, 5.74) is 0.631. The molecule has 1 aliphatic heterocycles. The van der Waals surface area contributed by atoms with Crippen molar-refractivity contribution < 1.29 is 19.1 Å². The molecule has 2 aromatic carbocycles. The van der Waals surface area contributed by atoms with E-state index in [9.17, 15) is 14.4 Å². The van der Waals surface area contributed by atoms with Gasteiger partial charge in [0.1, 0.15) is 0 Å². The van der Waals surface area contributed by atoms with Gasteiger partial charge in [-0.05, 0) is 51.7 Å². The van der Waals surface area contributed by atoms with Gasteiger partial charge in [0.2, 0.25) is 11.5 Å². The zero-order valence-electron chi connectivity index (χ0n) is 25.6. The molecule has 0 aliphatic carbocycles. The Morgan fingerprint density at radius 2 is 1.52 bits per heavy atom. The normalized spacial score (nSPS) is 12.9. The van der Waals surface area contributed by atoms with Crippen molar-refractivity contribution in [3.8, 4) is 11.8 Å². The largest absolute Gasteiger partial charge is 0.487 e. The lowest BCUT2D eigenvalue weighted by molar-refractivity contribution is 0.0576. The van der Waals surface area contributed by atoms with Crippen molar-refractivity contribution in [2.45, 2.75) is 81.2 Å². The van der Waals surface area contributed by atoms with E-state index < -0.39 is 11.7 Å². The number of nitrogens with zero attached hydrogens (tertiary/aromatic N) is 3. The fourth-order valence-corrected chi connectivity index (χ4v) is 3.83. The Kier molecular flexibility index (Phi) is 13.7. The first-order valence-corrected chi connectivity index (χ1v) is 14.0. The van der Waals surface area contributed by atoms with Crippen LogP contribution in [0.25, 0.3) is 0 Å². The van der Waals surface area contributed by atoms with Gasteiger partial charge in [0.25, 0.3) is 11.8 Å². The number of azo groups is 1. The third-order valence-corrected chi connectivity index (χ3v) is 5.71. The highest BCUT2D eigenvalue weighted by Gasteiger charge is 2.40. The van der Waals surface area contributed by atoms with Crippen molar-refractivity contribution in [2.24, 2.45) is 15.6 Å². The summed E-state index contributed by atoms with van der Waals surface area (Å²) < 4.78 is 5.45. The van der Waals surface area contributed by atoms with Crippen LogP contribution in [0.1, 0.15) is 106 Å². The van der Waals surface area contributed by atoms with E-state index in [-0.39, 0.29) is 45.6 Å². The maximum Gasteiger partial charge on any atom is 0.264 e. The molecular formula is C33H43N3O4. The SMILES string of the molecule is CC.CC.CCC(CC)N1C(=O)c2cccc(N=N/C(C(=O)c3ccccc3)=C(/C#CC(C)(C)C)OC)c2C1=O. The van der Waals surface area contributed by atoms with Gasteiger partial charge in [0.05, 0.1) is 23.9 Å². The maximum absolute atomic E-state index is 13.4. The van der Waals surface area contributed by atoms with Gasteiger partial charge in [-0.25, -0.2) is 0 Å². The number of hydrogen-bond acceptors (Lipinski definition) is 6. The standard InChI is InChI=1S/C29H31N3O4.2C2H6/c1-7-20(8-2)32-27(34)21-15-12-16-22(24(21)28(32)35)30-31-25(23(36-6)17-18-29(3,4)5)26(33)19-13-10-9-11-14-19;2*1-2/h9-16,20H,7-8H2,1-6H3;2*1-2H3/b25-23-,31-30?;;. The monoisotopic (exact) mass is 545 g/mol. The van der Waals surface area contributed by atoms with Crippen LogP contribution in [0.4, 0.5) is 5.69 Å². The molecule has 0 radical (unpaired) electrons. The Morgan fingerprint density at radius 3 is 2.05 bits per heavy atom. The van der Waals surface area contributed by atoms with Gasteiger partial charge < -0.3 is 4.74 Å². The number of benzene rings is 2. The van der Waals surface area contributed by atoms with Crippen molar-refractivity contribution in [1.29, 1.82) is 0 Å². The molecule has 0 atom stereocenters. The molecule has 0 bridgehead atoms. The number of carbonyl (C=O) groups excluding carboxylic acids is 3. The molecule has 0 saturated carbocycles. The lowest BCUT2D eigenvalue weighted by Gasteiger charge is -2.23. The van der Waals surface area contributed by atoms with E-state index in [4.69, 9.17) is 4.74 Å². The maximum atomic E-state index is 13.4. The Bertz CT molecular complexity index is 1290. The highest BCUT2D eigenvalue weighted by molar-refractivity contribution is 6.23. The Balaban J connectivity index is 0.00000191. The predicted octanol–water partition coefficient (Wildman–Crippen LogP) is 8.40. The molecule has 0 N–H and O–H groups in total. The summed E-state index contributed by atoms with van der Waals surface area (Å²) in [5.74, 6) is 4.85. The summed E-state index contributed by atoms with van der Waals surface area (Å²) >= 11 is 0. The van der Waals surface area contributed by atoms with E-state index >= 15 is 0 Å². The number of allylic oxidation sites excluding steroid dienone is 2. The van der Waals surface area contributed by atoms with E-state index in [1.54, 1.807) is 48.5 Å². The van der Waals surface area contributed by atoms with Crippen LogP contribution >= 0.6 is 0 Å². The Morgan fingerprint density at radius 1 is 0.925 bits per heavy atom. The van der Waals surface area contributed by atoms with E-state index in [1.807, 2.05) is 62.3 Å². The second kappa shape index (κ2) is 16.1. The zero-order chi connectivity index (χ0) is 30.5. The van der Waals surface area contributed by atoms with Crippen molar-refractivity contribution in [3.63, 3.8) is 0 Å². The number of methoxy groups -OCH3 is 1. The Hall–Kier alpha value is -4.05. The molecule has 0 aromatic heterocycles. The van der Waals surface area contributed by atoms with E-state index in [1.165, 1.54) is 12.0 Å². The first kappa shape index (κ1) is 34.0. The first-order valence-electron chi connectivity index (χ1n) is 14.0. The summed E-state index contributed by atoms with van der Waals surface area (Å²) in [7, 11) is 1.41. The molecule has 2 aromatic rings. The van der Waals surface area contributed by atoms with Crippen molar-refractivity contribution in [1.82, 2.24) is 4.90 Å². The number of carbonyl (C=O) groups is 3. The topological polar surface area (TPSA) is 88.4 Å². The van der Waals surface area contributed by atoms with Crippen LogP contribution in [0.15, 0.2) is 70.2 Å². The molecule has 7 nitrogen and oxygen atoms in total. The average Bonchev–Trinajstić information content (AvgIpc) is 3.23. The van der Waals surface area contributed by atoms with Crippen LogP contribution in [0.2, 0.25) is 0 Å². The fraction of sp³-hybridized carbons (Fsp3) is 0.424. The summed E-state index contributed by atoms with van der Waals surface area (Å²) in [6, 6.07) is 13.3. The average molecular weight is 546 g/mol. The molecule has 0 saturated heterocycles. The van der Waals surface area contributed by atoms with Crippen LogP contribution < -0.4 is 0 Å². The molecule has 7 heteroatoms. The third-order valence-electron chi connectivity index (χ3n) is 5.71. The highest BCUT2D eigenvalue weighted by atomic mass is 16.5. The first-order chi connectivity index (χ1) is 19.1. The van der Waals surface area contributed by atoms with Crippen LogP contribution in [0.3, 0.4) is 0 Å². The molecule has 40 heavy (non-hydrogen) atoms. The molecule has 0 unspecified atom stereocenters. The molecule has 1 heterocycles. The second-order valence-electron chi connectivity index (χ2n) is 9.43. The van der Waals surface area contributed by atoms with E-state index in [0.29, 0.717) is 18.4 Å².